The molecular formula is C15H25N3O2. The molecule has 2 N–H and O–H groups in total. The summed E-state index contributed by atoms with van der Waals surface area (Å²) in [5.41, 5.74) is 0.720. The molecule has 0 heterocycles. The highest BCUT2D eigenvalue weighted by atomic mass is 16.5. The number of anilines is 1. The second kappa shape index (κ2) is 8.43. The van der Waals surface area contributed by atoms with E-state index in [4.69, 9.17) is 4.74 Å². The fourth-order valence-electron chi connectivity index (χ4n) is 1.75. The minimum Gasteiger partial charge on any atom is -0.497 e. The molecule has 0 unspecified atom stereocenters. The highest BCUT2D eigenvalue weighted by molar-refractivity contribution is 5.89. The van der Waals surface area contributed by atoms with Gasteiger partial charge in [0.25, 0.3) is 0 Å². The van der Waals surface area contributed by atoms with Crippen molar-refractivity contribution in [2.24, 2.45) is 0 Å². The van der Waals surface area contributed by atoms with E-state index in [1.54, 1.807) is 13.2 Å². The van der Waals surface area contributed by atoms with Crippen molar-refractivity contribution in [3.63, 3.8) is 0 Å². The number of amides is 2. The van der Waals surface area contributed by atoms with Crippen molar-refractivity contribution in [3.05, 3.63) is 24.3 Å². The van der Waals surface area contributed by atoms with E-state index in [1.807, 2.05) is 18.2 Å². The van der Waals surface area contributed by atoms with Gasteiger partial charge in [-0.1, -0.05) is 13.0 Å². The first-order valence-electron chi connectivity index (χ1n) is 6.96. The summed E-state index contributed by atoms with van der Waals surface area (Å²) in [6.07, 6.45) is 1.10. The lowest BCUT2D eigenvalue weighted by molar-refractivity contribution is 0.238. The Bertz CT molecular complexity index is 423. The van der Waals surface area contributed by atoms with E-state index in [2.05, 4.69) is 36.4 Å². The maximum absolute atomic E-state index is 11.8. The first-order valence-corrected chi connectivity index (χ1v) is 6.96. The van der Waals surface area contributed by atoms with Gasteiger partial charge < -0.3 is 20.3 Å². The molecule has 5 heteroatoms. The highest BCUT2D eigenvalue weighted by Crippen LogP contribution is 2.16. The van der Waals surface area contributed by atoms with E-state index in [1.165, 1.54) is 0 Å². The van der Waals surface area contributed by atoms with E-state index in [9.17, 15) is 4.79 Å². The Kier molecular flexibility index (Phi) is 6.87. The van der Waals surface area contributed by atoms with Gasteiger partial charge >= 0.3 is 6.03 Å². The van der Waals surface area contributed by atoms with Gasteiger partial charge in [-0.25, -0.2) is 4.79 Å². The van der Waals surface area contributed by atoms with Gasteiger partial charge in [0.15, 0.2) is 0 Å². The first-order chi connectivity index (χ1) is 9.56. The Morgan fingerprint density at radius 1 is 1.45 bits per heavy atom. The molecule has 20 heavy (non-hydrogen) atoms. The smallest absolute Gasteiger partial charge is 0.319 e. The number of hydrogen-bond donors (Lipinski definition) is 2. The Morgan fingerprint density at radius 3 is 2.85 bits per heavy atom. The molecule has 0 saturated carbocycles. The van der Waals surface area contributed by atoms with Crippen LogP contribution in [-0.4, -0.2) is 44.2 Å². The number of rotatable bonds is 7. The zero-order chi connectivity index (χ0) is 15.0. The number of nitrogens with one attached hydrogen (secondary N) is 2. The number of likely N-dealkylation sites (N-methyl/N-ethyl adjacent to an activating group) is 1. The van der Waals surface area contributed by atoms with Crippen LogP contribution in [-0.2, 0) is 0 Å². The highest BCUT2D eigenvalue weighted by Gasteiger charge is 2.07. The average Bonchev–Trinajstić information content (AvgIpc) is 2.46. The zero-order valence-electron chi connectivity index (χ0n) is 12.8. The van der Waals surface area contributed by atoms with E-state index in [-0.39, 0.29) is 6.03 Å². The molecule has 5 nitrogen and oxygen atoms in total. The number of hydrogen-bond acceptors (Lipinski definition) is 3. The van der Waals surface area contributed by atoms with Crippen LogP contribution in [0.15, 0.2) is 24.3 Å². The van der Waals surface area contributed by atoms with Gasteiger partial charge in [-0.15, -0.1) is 0 Å². The monoisotopic (exact) mass is 279 g/mol. The molecular weight excluding hydrogens is 254 g/mol. The van der Waals surface area contributed by atoms with Crippen molar-refractivity contribution in [1.29, 1.82) is 0 Å². The lowest BCUT2D eigenvalue weighted by atomic mass is 10.2. The van der Waals surface area contributed by atoms with Crippen LogP contribution in [0.4, 0.5) is 10.5 Å². The topological polar surface area (TPSA) is 53.6 Å². The Balaban J connectivity index is 2.33. The summed E-state index contributed by atoms with van der Waals surface area (Å²) in [5.74, 6) is 0.722. The molecule has 0 radical (unpaired) electrons. The summed E-state index contributed by atoms with van der Waals surface area (Å²) in [4.78, 5) is 14.0. The summed E-state index contributed by atoms with van der Waals surface area (Å²) in [6.45, 7) is 5.79. The number of carbonyl (C=O) groups excluding carboxylic acids is 1. The lowest BCUT2D eigenvalue weighted by Crippen LogP contribution is -2.38. The molecule has 0 spiro atoms. The van der Waals surface area contributed by atoms with Crippen LogP contribution in [0.1, 0.15) is 20.3 Å². The fourth-order valence-corrected chi connectivity index (χ4v) is 1.75. The van der Waals surface area contributed by atoms with Crippen LogP contribution < -0.4 is 15.4 Å². The number of carbonyl (C=O) groups is 1. The maximum atomic E-state index is 11.8. The Labute approximate surface area is 121 Å². The van der Waals surface area contributed by atoms with Crippen LogP contribution in [0.2, 0.25) is 0 Å². The molecule has 0 saturated heterocycles. The normalized spacial score (nSPS) is 12.1. The second-order valence-electron chi connectivity index (χ2n) is 4.85. The van der Waals surface area contributed by atoms with Crippen molar-refractivity contribution in [1.82, 2.24) is 10.2 Å². The fraction of sp³-hybridized carbons (Fsp3) is 0.533. The van der Waals surface area contributed by atoms with Crippen LogP contribution >= 0.6 is 0 Å². The molecule has 0 aliphatic carbocycles. The van der Waals surface area contributed by atoms with Gasteiger partial charge in [0, 0.05) is 30.9 Å². The van der Waals surface area contributed by atoms with Crippen molar-refractivity contribution >= 4 is 11.7 Å². The minimum absolute atomic E-state index is 0.198. The molecule has 0 bridgehead atoms. The number of benzene rings is 1. The van der Waals surface area contributed by atoms with Gasteiger partial charge in [0.1, 0.15) is 5.75 Å². The molecule has 112 valence electrons. The summed E-state index contributed by atoms with van der Waals surface area (Å²) in [7, 11) is 3.67. The largest absolute Gasteiger partial charge is 0.497 e. The third-order valence-corrected chi connectivity index (χ3v) is 3.42. The molecule has 1 atom stereocenters. The van der Waals surface area contributed by atoms with Gasteiger partial charge in [0.2, 0.25) is 0 Å². The minimum atomic E-state index is -0.198. The van der Waals surface area contributed by atoms with Crippen molar-refractivity contribution in [2.45, 2.75) is 26.3 Å². The molecule has 0 aromatic heterocycles. The van der Waals surface area contributed by atoms with Crippen LogP contribution in [0, 0.1) is 0 Å². The third kappa shape index (κ3) is 5.48. The standard InChI is InChI=1S/C15H25N3O2/c1-5-12(2)18(3)10-9-16-15(19)17-13-7-6-8-14(11-13)20-4/h6-8,11-12H,5,9-10H2,1-4H3,(H2,16,17,19)/t12-/m0/s1. The number of ether oxygens (including phenoxy) is 1. The van der Waals surface area contributed by atoms with Crippen molar-refractivity contribution < 1.29 is 9.53 Å². The van der Waals surface area contributed by atoms with E-state index in [0.717, 1.165) is 24.4 Å². The molecule has 0 fully saturated rings. The number of methoxy groups -OCH3 is 1. The van der Waals surface area contributed by atoms with Crippen molar-refractivity contribution in [2.75, 3.05) is 32.6 Å². The molecule has 1 aromatic rings. The average molecular weight is 279 g/mol. The van der Waals surface area contributed by atoms with Crippen LogP contribution in [0.25, 0.3) is 0 Å². The SMILES string of the molecule is CC[C@H](C)N(C)CCNC(=O)Nc1cccc(OC)c1. The van der Waals surface area contributed by atoms with E-state index in [0.29, 0.717) is 12.6 Å². The van der Waals surface area contributed by atoms with Crippen LogP contribution in [0.5, 0.6) is 5.75 Å². The van der Waals surface area contributed by atoms with Crippen molar-refractivity contribution in [3.8, 4) is 5.75 Å². The predicted molar refractivity (Wildman–Crippen MR) is 82.4 cm³/mol. The van der Waals surface area contributed by atoms with Gasteiger partial charge in [-0.2, -0.15) is 0 Å². The van der Waals surface area contributed by atoms with Crippen LogP contribution in [0.3, 0.4) is 0 Å². The summed E-state index contributed by atoms with van der Waals surface area (Å²) in [5, 5.41) is 5.63. The van der Waals surface area contributed by atoms with E-state index >= 15 is 0 Å². The second-order valence-corrected chi connectivity index (χ2v) is 4.85. The van der Waals surface area contributed by atoms with Gasteiger partial charge in [0.05, 0.1) is 7.11 Å². The maximum Gasteiger partial charge on any atom is 0.319 e. The Hall–Kier alpha value is -1.75. The molecule has 1 aromatic carbocycles. The van der Waals surface area contributed by atoms with Gasteiger partial charge in [-0.3, -0.25) is 0 Å². The quantitative estimate of drug-likeness (QED) is 0.806. The lowest BCUT2D eigenvalue weighted by Gasteiger charge is -2.23. The predicted octanol–water partition coefficient (Wildman–Crippen LogP) is 2.55. The Morgan fingerprint density at radius 2 is 2.20 bits per heavy atom. The van der Waals surface area contributed by atoms with Gasteiger partial charge in [-0.05, 0) is 32.5 Å². The number of nitrogens with zero attached hydrogens (tertiary/aromatic N) is 1. The van der Waals surface area contributed by atoms with E-state index < -0.39 is 0 Å². The molecule has 0 aliphatic heterocycles. The number of urea groups is 1. The molecule has 2 amide bonds. The summed E-state index contributed by atoms with van der Waals surface area (Å²) in [6, 6.07) is 7.61. The summed E-state index contributed by atoms with van der Waals surface area (Å²) >= 11 is 0. The molecule has 0 aliphatic rings. The third-order valence-electron chi connectivity index (χ3n) is 3.42. The zero-order valence-corrected chi connectivity index (χ0v) is 12.8. The summed E-state index contributed by atoms with van der Waals surface area (Å²) < 4.78 is 5.11. The molecule has 1 rings (SSSR count). The first kappa shape index (κ1) is 16.3.